The average Bonchev–Trinajstić information content (AvgIpc) is 2.27. The van der Waals surface area contributed by atoms with Crippen LogP contribution >= 0.6 is 11.6 Å². The van der Waals surface area contributed by atoms with E-state index in [4.69, 9.17) is 11.6 Å². The molecule has 0 unspecified atom stereocenters. The normalized spacial score (nSPS) is 12.0. The summed E-state index contributed by atoms with van der Waals surface area (Å²) in [5, 5.41) is 4.53. The van der Waals surface area contributed by atoms with E-state index in [2.05, 4.69) is 10.6 Å². The Hall–Kier alpha value is -1.76. The van der Waals surface area contributed by atoms with Crippen molar-refractivity contribution in [3.05, 3.63) is 28.8 Å². The summed E-state index contributed by atoms with van der Waals surface area (Å²) >= 11 is 5.54. The quantitative estimate of drug-likeness (QED) is 0.829. The molecule has 1 rings (SSSR count). The van der Waals surface area contributed by atoms with Crippen molar-refractivity contribution in [1.82, 2.24) is 5.32 Å². The van der Waals surface area contributed by atoms with Gasteiger partial charge in [-0.15, -0.1) is 0 Å². The van der Waals surface area contributed by atoms with Crippen molar-refractivity contribution >= 4 is 29.1 Å². The van der Waals surface area contributed by atoms with E-state index >= 15 is 0 Å². The van der Waals surface area contributed by atoms with Crippen LogP contribution in [-0.4, -0.2) is 17.4 Å². The Bertz CT molecular complexity index is 580. The van der Waals surface area contributed by atoms with Crippen LogP contribution in [0.5, 0.6) is 0 Å². The molecule has 0 bridgehead atoms. The predicted octanol–water partition coefficient (Wildman–Crippen LogP) is 3.60. The molecular formula is C14H16ClF3N2O2. The van der Waals surface area contributed by atoms with Gasteiger partial charge in [0.25, 0.3) is 0 Å². The second-order valence-corrected chi connectivity index (χ2v) is 6.15. The van der Waals surface area contributed by atoms with Gasteiger partial charge in [-0.25, -0.2) is 0 Å². The van der Waals surface area contributed by atoms with Crippen LogP contribution < -0.4 is 10.6 Å². The van der Waals surface area contributed by atoms with Gasteiger partial charge >= 0.3 is 6.18 Å². The van der Waals surface area contributed by atoms with Gasteiger partial charge in [-0.3, -0.25) is 9.59 Å². The molecule has 1 aromatic carbocycles. The second kappa shape index (κ2) is 6.56. The Morgan fingerprint density at radius 3 is 2.23 bits per heavy atom. The standard InChI is InChI=1S/C14H16ClF3N2O2/c1-13(2,3)20-12(22)7-11(21)19-10-5-4-8(15)6-9(10)14(16,17)18/h4-6H,7H2,1-3H3,(H,19,21)(H,20,22). The highest BCUT2D eigenvalue weighted by molar-refractivity contribution is 6.30. The summed E-state index contributed by atoms with van der Waals surface area (Å²) in [4.78, 5) is 23.3. The van der Waals surface area contributed by atoms with Crippen LogP contribution in [0.4, 0.5) is 18.9 Å². The number of halogens is 4. The SMILES string of the molecule is CC(C)(C)NC(=O)CC(=O)Nc1ccc(Cl)cc1C(F)(F)F. The zero-order chi connectivity index (χ0) is 17.1. The fourth-order valence-corrected chi connectivity index (χ4v) is 1.83. The minimum atomic E-state index is -4.67. The Morgan fingerprint density at radius 1 is 1.14 bits per heavy atom. The van der Waals surface area contributed by atoms with Crippen LogP contribution in [0, 0.1) is 0 Å². The first kappa shape index (κ1) is 18.3. The monoisotopic (exact) mass is 336 g/mol. The smallest absolute Gasteiger partial charge is 0.351 e. The molecule has 4 nitrogen and oxygen atoms in total. The zero-order valence-corrected chi connectivity index (χ0v) is 13.0. The first-order valence-electron chi connectivity index (χ1n) is 6.36. The van der Waals surface area contributed by atoms with Gasteiger partial charge in [-0.2, -0.15) is 13.2 Å². The lowest BCUT2D eigenvalue weighted by Crippen LogP contribution is -2.42. The minimum Gasteiger partial charge on any atom is -0.351 e. The third kappa shape index (κ3) is 5.93. The van der Waals surface area contributed by atoms with E-state index in [0.29, 0.717) is 6.07 Å². The van der Waals surface area contributed by atoms with E-state index < -0.39 is 41.2 Å². The maximum Gasteiger partial charge on any atom is 0.418 e. The van der Waals surface area contributed by atoms with Gasteiger partial charge in [0.2, 0.25) is 11.8 Å². The van der Waals surface area contributed by atoms with E-state index in [0.717, 1.165) is 6.07 Å². The Labute approximate surface area is 131 Å². The number of rotatable bonds is 3. The van der Waals surface area contributed by atoms with Crippen LogP contribution in [0.25, 0.3) is 0 Å². The lowest BCUT2D eigenvalue weighted by atomic mass is 10.1. The van der Waals surface area contributed by atoms with Crippen molar-refractivity contribution in [1.29, 1.82) is 0 Å². The molecule has 0 fully saturated rings. The summed E-state index contributed by atoms with van der Waals surface area (Å²) < 4.78 is 38.6. The van der Waals surface area contributed by atoms with E-state index in [1.54, 1.807) is 20.8 Å². The number of anilines is 1. The van der Waals surface area contributed by atoms with E-state index in [9.17, 15) is 22.8 Å². The number of amides is 2. The lowest BCUT2D eigenvalue weighted by Gasteiger charge is -2.20. The predicted molar refractivity (Wildman–Crippen MR) is 77.6 cm³/mol. The molecule has 2 amide bonds. The number of benzene rings is 1. The van der Waals surface area contributed by atoms with Crippen molar-refractivity contribution < 1.29 is 22.8 Å². The highest BCUT2D eigenvalue weighted by Gasteiger charge is 2.34. The fraction of sp³-hybridized carbons (Fsp3) is 0.429. The van der Waals surface area contributed by atoms with Gasteiger partial charge in [0.15, 0.2) is 0 Å². The fourth-order valence-electron chi connectivity index (χ4n) is 1.66. The van der Waals surface area contributed by atoms with Crippen molar-refractivity contribution in [2.45, 2.75) is 38.9 Å². The van der Waals surface area contributed by atoms with Gasteiger partial charge in [-0.05, 0) is 39.0 Å². The highest BCUT2D eigenvalue weighted by atomic mass is 35.5. The summed E-state index contributed by atoms with van der Waals surface area (Å²) in [6, 6.07) is 2.98. The molecular weight excluding hydrogens is 321 g/mol. The molecule has 0 saturated carbocycles. The number of carbonyl (C=O) groups is 2. The summed E-state index contributed by atoms with van der Waals surface area (Å²) in [6.45, 7) is 5.18. The molecule has 0 atom stereocenters. The first-order valence-corrected chi connectivity index (χ1v) is 6.74. The Kier molecular flexibility index (Phi) is 5.45. The topological polar surface area (TPSA) is 58.2 Å². The largest absolute Gasteiger partial charge is 0.418 e. The molecule has 0 aliphatic rings. The third-order valence-electron chi connectivity index (χ3n) is 2.40. The van der Waals surface area contributed by atoms with Crippen LogP contribution in [0.3, 0.4) is 0 Å². The van der Waals surface area contributed by atoms with Gasteiger partial charge in [0.05, 0.1) is 11.3 Å². The van der Waals surface area contributed by atoms with Crippen molar-refractivity contribution in [2.75, 3.05) is 5.32 Å². The highest BCUT2D eigenvalue weighted by Crippen LogP contribution is 2.36. The summed E-state index contributed by atoms with van der Waals surface area (Å²) in [6.07, 6.45) is -5.24. The van der Waals surface area contributed by atoms with E-state index in [1.807, 2.05) is 0 Å². The van der Waals surface area contributed by atoms with E-state index in [1.165, 1.54) is 6.07 Å². The number of hydrogen-bond donors (Lipinski definition) is 2. The second-order valence-electron chi connectivity index (χ2n) is 5.71. The molecule has 8 heteroatoms. The average molecular weight is 337 g/mol. The Balaban J connectivity index is 2.83. The van der Waals surface area contributed by atoms with E-state index in [-0.39, 0.29) is 5.02 Å². The summed E-state index contributed by atoms with van der Waals surface area (Å²) in [5.74, 6) is -1.41. The molecule has 0 aromatic heterocycles. The third-order valence-corrected chi connectivity index (χ3v) is 2.63. The summed E-state index contributed by atoms with van der Waals surface area (Å²) in [7, 11) is 0. The molecule has 0 aliphatic heterocycles. The van der Waals surface area contributed by atoms with Crippen LogP contribution in [0.2, 0.25) is 5.02 Å². The van der Waals surface area contributed by atoms with Crippen LogP contribution in [-0.2, 0) is 15.8 Å². The molecule has 22 heavy (non-hydrogen) atoms. The van der Waals surface area contributed by atoms with Gasteiger partial charge in [0.1, 0.15) is 6.42 Å². The molecule has 0 saturated heterocycles. The molecule has 0 aliphatic carbocycles. The van der Waals surface area contributed by atoms with Gasteiger partial charge < -0.3 is 10.6 Å². The molecule has 2 N–H and O–H groups in total. The maximum atomic E-state index is 12.9. The number of nitrogens with one attached hydrogen (secondary N) is 2. The molecule has 122 valence electrons. The zero-order valence-electron chi connectivity index (χ0n) is 12.3. The maximum absolute atomic E-state index is 12.9. The van der Waals surface area contributed by atoms with Crippen LogP contribution in [0.1, 0.15) is 32.8 Å². The number of alkyl halides is 3. The van der Waals surface area contributed by atoms with Crippen molar-refractivity contribution in [3.63, 3.8) is 0 Å². The molecule has 0 heterocycles. The van der Waals surface area contributed by atoms with Crippen LogP contribution in [0.15, 0.2) is 18.2 Å². The molecule has 0 radical (unpaired) electrons. The Morgan fingerprint density at radius 2 is 1.73 bits per heavy atom. The van der Waals surface area contributed by atoms with Crippen molar-refractivity contribution in [3.8, 4) is 0 Å². The van der Waals surface area contributed by atoms with Gasteiger partial charge in [0, 0.05) is 10.6 Å². The van der Waals surface area contributed by atoms with Crippen molar-refractivity contribution in [2.24, 2.45) is 0 Å². The lowest BCUT2D eigenvalue weighted by molar-refractivity contribution is -0.137. The molecule has 0 spiro atoms. The summed E-state index contributed by atoms with van der Waals surface area (Å²) in [5.41, 5.74) is -2.04. The minimum absolute atomic E-state index is 0.101. The van der Waals surface area contributed by atoms with Gasteiger partial charge in [-0.1, -0.05) is 11.6 Å². The first-order chi connectivity index (χ1) is 9.88. The number of carbonyl (C=O) groups excluding carboxylic acids is 2. The molecule has 1 aromatic rings. The number of hydrogen-bond acceptors (Lipinski definition) is 2.